The van der Waals surface area contributed by atoms with E-state index in [1.54, 1.807) is 25.1 Å². The number of nitrogens with one attached hydrogen (secondary N) is 1. The molecule has 0 fully saturated rings. The molecule has 1 atom stereocenters. The van der Waals surface area contributed by atoms with E-state index in [4.69, 9.17) is 11.6 Å². The lowest BCUT2D eigenvalue weighted by molar-refractivity contribution is 0.506. The van der Waals surface area contributed by atoms with E-state index >= 15 is 0 Å². The Bertz CT molecular complexity index is 641. The largest absolute Gasteiger partial charge is 0.306 e. The fourth-order valence-electron chi connectivity index (χ4n) is 2.28. The fourth-order valence-corrected chi connectivity index (χ4v) is 3.16. The van der Waals surface area contributed by atoms with Crippen LogP contribution in [0.3, 0.4) is 0 Å². The van der Waals surface area contributed by atoms with Gasteiger partial charge in [-0.25, -0.2) is 8.78 Å². The van der Waals surface area contributed by atoms with Crippen molar-refractivity contribution in [1.29, 1.82) is 0 Å². The molecule has 0 aliphatic heterocycles. The Labute approximate surface area is 136 Å². The van der Waals surface area contributed by atoms with Crippen molar-refractivity contribution in [3.05, 3.63) is 68.2 Å². The number of aryl methyl sites for hydroxylation is 1. The Kier molecular flexibility index (Phi) is 5.36. The third kappa shape index (κ3) is 3.62. The van der Waals surface area contributed by atoms with Crippen molar-refractivity contribution >= 4 is 27.5 Å². The molecule has 112 valence electrons. The highest BCUT2D eigenvalue weighted by molar-refractivity contribution is 9.10. The SMILES string of the molecule is CCNC(c1cc(Cl)cc(Br)c1)c1c(F)ccc(C)c1F. The van der Waals surface area contributed by atoms with E-state index in [0.29, 0.717) is 22.7 Å². The summed E-state index contributed by atoms with van der Waals surface area (Å²) in [5.74, 6) is -1.10. The van der Waals surface area contributed by atoms with Crippen LogP contribution in [0.15, 0.2) is 34.8 Å². The summed E-state index contributed by atoms with van der Waals surface area (Å²) in [4.78, 5) is 0. The maximum Gasteiger partial charge on any atom is 0.134 e. The van der Waals surface area contributed by atoms with Crippen molar-refractivity contribution in [3.8, 4) is 0 Å². The maximum atomic E-state index is 14.4. The minimum atomic E-state index is -0.593. The lowest BCUT2D eigenvalue weighted by Gasteiger charge is -2.21. The van der Waals surface area contributed by atoms with E-state index in [-0.39, 0.29) is 5.56 Å². The van der Waals surface area contributed by atoms with Gasteiger partial charge in [0.25, 0.3) is 0 Å². The summed E-state index contributed by atoms with van der Waals surface area (Å²) in [6, 6.07) is 7.38. The van der Waals surface area contributed by atoms with Crippen LogP contribution in [-0.2, 0) is 0 Å². The molecule has 1 unspecified atom stereocenters. The van der Waals surface area contributed by atoms with E-state index in [1.807, 2.05) is 6.92 Å². The van der Waals surface area contributed by atoms with Gasteiger partial charge in [-0.05, 0) is 48.9 Å². The van der Waals surface area contributed by atoms with E-state index in [0.717, 1.165) is 4.47 Å². The van der Waals surface area contributed by atoms with Gasteiger partial charge in [0.05, 0.1) is 6.04 Å². The number of rotatable bonds is 4. The summed E-state index contributed by atoms with van der Waals surface area (Å²) in [5.41, 5.74) is 1.14. The molecule has 0 spiro atoms. The molecule has 2 aromatic carbocycles. The average molecular weight is 375 g/mol. The Balaban J connectivity index is 2.61. The summed E-state index contributed by atoms with van der Waals surface area (Å²) in [6.45, 7) is 4.08. The van der Waals surface area contributed by atoms with Crippen LogP contribution in [0, 0.1) is 18.6 Å². The van der Waals surface area contributed by atoms with Crippen molar-refractivity contribution in [2.24, 2.45) is 0 Å². The normalized spacial score (nSPS) is 12.5. The van der Waals surface area contributed by atoms with Gasteiger partial charge in [0.1, 0.15) is 11.6 Å². The van der Waals surface area contributed by atoms with Crippen molar-refractivity contribution in [2.45, 2.75) is 19.9 Å². The topological polar surface area (TPSA) is 12.0 Å². The van der Waals surface area contributed by atoms with Gasteiger partial charge in [0, 0.05) is 15.1 Å². The van der Waals surface area contributed by atoms with E-state index in [2.05, 4.69) is 21.2 Å². The van der Waals surface area contributed by atoms with Gasteiger partial charge in [-0.1, -0.05) is 40.5 Å². The summed E-state index contributed by atoms with van der Waals surface area (Å²) >= 11 is 9.40. The van der Waals surface area contributed by atoms with Gasteiger partial charge in [-0.15, -0.1) is 0 Å². The quantitative estimate of drug-likeness (QED) is 0.757. The molecule has 2 aromatic rings. The predicted molar refractivity (Wildman–Crippen MR) is 85.8 cm³/mol. The minimum Gasteiger partial charge on any atom is -0.306 e. The molecule has 0 heterocycles. The second-order valence-electron chi connectivity index (χ2n) is 4.79. The molecule has 0 saturated carbocycles. The van der Waals surface area contributed by atoms with Crippen LogP contribution < -0.4 is 5.32 Å². The summed E-state index contributed by atoms with van der Waals surface area (Å²) in [5, 5.41) is 3.63. The predicted octanol–water partition coefficient (Wildman–Crippen LogP) is 5.39. The summed E-state index contributed by atoms with van der Waals surface area (Å²) in [6.07, 6.45) is 0. The highest BCUT2D eigenvalue weighted by Gasteiger charge is 2.23. The molecule has 21 heavy (non-hydrogen) atoms. The fraction of sp³-hybridized carbons (Fsp3) is 0.250. The number of halogens is 4. The molecular weight excluding hydrogens is 360 g/mol. The third-order valence-electron chi connectivity index (χ3n) is 3.23. The zero-order valence-corrected chi connectivity index (χ0v) is 14.0. The number of hydrogen-bond donors (Lipinski definition) is 1. The highest BCUT2D eigenvalue weighted by Crippen LogP contribution is 2.31. The van der Waals surface area contributed by atoms with Crippen LogP contribution in [0.1, 0.15) is 29.7 Å². The minimum absolute atomic E-state index is 0.0195. The zero-order valence-electron chi connectivity index (χ0n) is 11.7. The monoisotopic (exact) mass is 373 g/mol. The Morgan fingerprint density at radius 1 is 1.24 bits per heavy atom. The standard InChI is InChI=1S/C16H15BrClF2N/c1-3-21-16(10-6-11(17)8-12(18)7-10)14-13(19)5-4-9(2)15(14)20/h4-8,16,21H,3H2,1-2H3. The van der Waals surface area contributed by atoms with Gasteiger partial charge in [0.15, 0.2) is 0 Å². The first-order chi connectivity index (χ1) is 9.93. The molecular formula is C16H15BrClF2N. The van der Waals surface area contributed by atoms with Crippen LogP contribution in [0.5, 0.6) is 0 Å². The molecule has 0 aromatic heterocycles. The molecule has 0 aliphatic carbocycles. The lowest BCUT2D eigenvalue weighted by atomic mass is 9.96. The Morgan fingerprint density at radius 2 is 1.95 bits per heavy atom. The van der Waals surface area contributed by atoms with Crippen LogP contribution in [-0.4, -0.2) is 6.54 Å². The molecule has 0 bridgehead atoms. The van der Waals surface area contributed by atoms with Crippen LogP contribution >= 0.6 is 27.5 Å². The van der Waals surface area contributed by atoms with Gasteiger partial charge in [-0.3, -0.25) is 0 Å². The highest BCUT2D eigenvalue weighted by atomic mass is 79.9. The summed E-state index contributed by atoms with van der Waals surface area (Å²) < 4.78 is 29.3. The van der Waals surface area contributed by atoms with Gasteiger partial charge >= 0.3 is 0 Å². The molecule has 2 rings (SSSR count). The van der Waals surface area contributed by atoms with Crippen molar-refractivity contribution in [3.63, 3.8) is 0 Å². The van der Waals surface area contributed by atoms with E-state index in [1.165, 1.54) is 12.1 Å². The first-order valence-corrected chi connectivity index (χ1v) is 7.75. The molecule has 0 aliphatic rings. The van der Waals surface area contributed by atoms with Gasteiger partial charge < -0.3 is 5.32 Å². The second kappa shape index (κ2) is 6.86. The van der Waals surface area contributed by atoms with E-state index in [9.17, 15) is 8.78 Å². The number of benzene rings is 2. The molecule has 0 saturated heterocycles. The molecule has 1 N–H and O–H groups in total. The molecule has 0 radical (unpaired) electrons. The van der Waals surface area contributed by atoms with Crippen LogP contribution in [0.4, 0.5) is 8.78 Å². The third-order valence-corrected chi connectivity index (χ3v) is 3.91. The Hall–Kier alpha value is -0.970. The molecule has 1 nitrogen and oxygen atoms in total. The first-order valence-electron chi connectivity index (χ1n) is 6.58. The lowest BCUT2D eigenvalue weighted by Crippen LogP contribution is -2.24. The van der Waals surface area contributed by atoms with Crippen LogP contribution in [0.25, 0.3) is 0 Å². The van der Waals surface area contributed by atoms with Crippen LogP contribution in [0.2, 0.25) is 5.02 Å². The van der Waals surface area contributed by atoms with Crippen molar-refractivity contribution in [1.82, 2.24) is 5.32 Å². The van der Waals surface area contributed by atoms with Gasteiger partial charge in [-0.2, -0.15) is 0 Å². The second-order valence-corrected chi connectivity index (χ2v) is 6.14. The molecule has 5 heteroatoms. The average Bonchev–Trinajstić information content (AvgIpc) is 2.41. The van der Waals surface area contributed by atoms with Gasteiger partial charge in [0.2, 0.25) is 0 Å². The van der Waals surface area contributed by atoms with E-state index < -0.39 is 17.7 Å². The maximum absolute atomic E-state index is 14.4. The van der Waals surface area contributed by atoms with Crippen molar-refractivity contribution < 1.29 is 8.78 Å². The summed E-state index contributed by atoms with van der Waals surface area (Å²) in [7, 11) is 0. The smallest absolute Gasteiger partial charge is 0.134 e. The number of hydrogen-bond acceptors (Lipinski definition) is 1. The Morgan fingerprint density at radius 3 is 2.57 bits per heavy atom. The first kappa shape index (κ1) is 16.4. The molecule has 0 amide bonds. The zero-order chi connectivity index (χ0) is 15.6. The van der Waals surface area contributed by atoms with Crippen molar-refractivity contribution in [2.75, 3.05) is 6.54 Å².